The van der Waals surface area contributed by atoms with E-state index in [1.165, 1.54) is 0 Å². The van der Waals surface area contributed by atoms with E-state index in [1.807, 2.05) is 0 Å². The van der Waals surface area contributed by atoms with Gasteiger partial charge in [-0.2, -0.15) is 0 Å². The van der Waals surface area contributed by atoms with E-state index < -0.39 is 0 Å². The van der Waals surface area contributed by atoms with Gasteiger partial charge >= 0.3 is 157 Å². The Morgan fingerprint density at radius 3 is 0.600 bits per heavy atom. The topological polar surface area (TPSA) is 195 Å². The third-order valence-electron chi connectivity index (χ3n) is 0. The average Bonchev–Trinajstić information content (AvgIpc) is 2.44. The summed E-state index contributed by atoms with van der Waals surface area (Å²) in [6.07, 6.45) is 0. The van der Waals surface area contributed by atoms with Gasteiger partial charge in [0.05, 0.1) is 0 Å². The van der Waals surface area contributed by atoms with Crippen LogP contribution in [0, 0.1) is 81.1 Å². The van der Waals surface area contributed by atoms with Gasteiger partial charge in [0.15, 0.2) is 0 Å². The molecule has 14 heteroatoms. The summed E-state index contributed by atoms with van der Waals surface area (Å²) in [6, 6.07) is 0. The summed E-state index contributed by atoms with van der Waals surface area (Å²) in [5.74, 6) is 0. The average molecular weight is 366 g/mol. The minimum Gasteiger partial charge on any atom is -0.512 e. The number of rotatable bonds is 0. The van der Waals surface area contributed by atoms with E-state index in [2.05, 4.69) is 0 Å². The Hall–Kier alpha value is 1.50. The second-order valence-corrected chi connectivity index (χ2v) is 0.0745. The van der Waals surface area contributed by atoms with Crippen molar-refractivity contribution in [3.8, 4) is 0 Å². The van der Waals surface area contributed by atoms with E-state index in [4.69, 9.17) is 81.1 Å². The van der Waals surface area contributed by atoms with Gasteiger partial charge < -0.3 is 81.1 Å². The molecule has 0 saturated heterocycles. The Morgan fingerprint density at radius 1 is 0.600 bits per heavy atom. The monoisotopic (exact) mass is 366 g/mol. The van der Waals surface area contributed by atoms with Crippen molar-refractivity contribution in [2.24, 2.45) is 5.34 Å². The number of hydrogen-bond acceptors (Lipinski definition) is 9. The van der Waals surface area contributed by atoms with Gasteiger partial charge in [-0.3, -0.25) is 0 Å². The molecule has 20 heavy (non-hydrogen) atoms. The van der Waals surface area contributed by atoms with Crippen LogP contribution in [0.25, 0.3) is 0 Å². The molecule has 0 N–H and O–H groups in total. The summed E-state index contributed by atoms with van der Waals surface area (Å²) < 4.78 is 0. The number of hydrogen-bond donors (Lipinski definition) is 0. The Balaban J connectivity index is -0.00000000361. The van der Waals surface area contributed by atoms with E-state index in [9.17, 15) is 0 Å². The maximum absolute atomic E-state index is 8.00. The fourth-order valence-electron chi connectivity index (χ4n) is 0. The van der Waals surface area contributed by atoms with Crippen LogP contribution in [-0.4, -0.2) is 0 Å². The molecular formula is C6FeKN7Na3O2. The fourth-order valence-corrected chi connectivity index (χ4v) is 0. The predicted molar refractivity (Wildman–Crippen MR) is 39.0 cm³/mol. The Bertz CT molecular complexity index is 152. The maximum Gasteiger partial charge on any atom is 3.00 e. The molecule has 0 atom stereocenters. The van der Waals surface area contributed by atoms with Crippen molar-refractivity contribution in [3.05, 3.63) is 49.5 Å². The Kier molecular flexibility index (Phi) is 6260. The van der Waals surface area contributed by atoms with Crippen LogP contribution in [-0.2, 0) is 17.1 Å². The van der Waals surface area contributed by atoms with Crippen LogP contribution in [0.1, 0.15) is 0 Å². The molecular weight excluding hydrogens is 366 g/mol. The van der Waals surface area contributed by atoms with Gasteiger partial charge in [-0.1, -0.05) is 0 Å². The Labute approximate surface area is 238 Å². The molecule has 9 nitrogen and oxygen atoms in total. The molecule has 0 aliphatic heterocycles. The summed E-state index contributed by atoms with van der Waals surface area (Å²) in [5, 5.41) is 46.5. The zero-order valence-electron chi connectivity index (χ0n) is 11.3. The van der Waals surface area contributed by atoms with Gasteiger partial charge in [0.2, 0.25) is 0 Å². The standard InChI is InChI=1S/6CN.Fe.K.HNO2.3Na/c6*1-2;;;2-1-3;;;/h;;;;;;;;(H,2,3);;;/q6*-1;+3;+1;;3*+1/p-1. The summed E-state index contributed by atoms with van der Waals surface area (Å²) in [7, 11) is 0. The first kappa shape index (κ1) is 100. The fraction of sp³-hybridized carbons (Fsp3) is 0. The van der Waals surface area contributed by atoms with E-state index in [1.54, 1.807) is 0 Å². The SMILES string of the molecule is O=N[O-].[C-]#N.[C-]#N.[C-]#N.[C-]#N.[C-]#N.[C-]#N.[Fe+3].[K+].[Na+].[Na+].[Na+]. The summed E-state index contributed by atoms with van der Waals surface area (Å²) in [6.45, 7) is 28.5. The zero-order valence-corrected chi connectivity index (χ0v) is 21.5. The van der Waals surface area contributed by atoms with Gasteiger partial charge in [0, 0.05) is 0 Å². The molecule has 0 unspecified atom stereocenters. The molecule has 0 aliphatic carbocycles. The van der Waals surface area contributed by atoms with E-state index in [0.29, 0.717) is 0 Å². The van der Waals surface area contributed by atoms with Crippen LogP contribution in [0.5, 0.6) is 0 Å². The smallest absolute Gasteiger partial charge is 0.512 e. The first-order valence-corrected chi connectivity index (χ1v) is 1.71. The number of nitrogens with zero attached hydrogens (tertiary/aromatic N) is 7. The van der Waals surface area contributed by atoms with Crippen molar-refractivity contribution in [3.63, 3.8) is 0 Å². The van der Waals surface area contributed by atoms with Gasteiger partial charge in [-0.25, -0.2) is 0 Å². The van der Waals surface area contributed by atoms with Gasteiger partial charge in [0.25, 0.3) is 0 Å². The van der Waals surface area contributed by atoms with Gasteiger partial charge in [-0.15, -0.1) is 5.34 Å². The maximum atomic E-state index is 8.00. The quantitative estimate of drug-likeness (QED) is 0.174. The van der Waals surface area contributed by atoms with Gasteiger partial charge in [-0.05, 0) is 0 Å². The molecule has 0 aliphatic rings. The van der Waals surface area contributed by atoms with Gasteiger partial charge in [0.1, 0.15) is 0 Å². The third kappa shape index (κ3) is 2980. The first-order chi connectivity index (χ1) is 7.41. The van der Waals surface area contributed by atoms with E-state index in [0.717, 1.165) is 5.34 Å². The molecule has 0 amide bonds. The summed E-state index contributed by atoms with van der Waals surface area (Å²) in [5.41, 5.74) is 0. The second-order valence-electron chi connectivity index (χ2n) is 0.0745. The third-order valence-corrected chi connectivity index (χ3v) is 0. The van der Waals surface area contributed by atoms with E-state index >= 15 is 0 Å². The van der Waals surface area contributed by atoms with Crippen LogP contribution < -0.4 is 140 Å². The Morgan fingerprint density at radius 2 is 0.600 bits per heavy atom. The van der Waals surface area contributed by atoms with Crippen LogP contribution in [0.2, 0.25) is 0 Å². The molecule has 0 saturated carbocycles. The summed E-state index contributed by atoms with van der Waals surface area (Å²) in [4.78, 5) is 8.00. The summed E-state index contributed by atoms with van der Waals surface area (Å²) >= 11 is 0. The largest absolute Gasteiger partial charge is 3.00 e. The molecule has 0 spiro atoms. The van der Waals surface area contributed by atoms with Crippen molar-refractivity contribution >= 4 is 0 Å². The van der Waals surface area contributed by atoms with Crippen LogP contribution >= 0.6 is 0 Å². The van der Waals surface area contributed by atoms with Crippen molar-refractivity contribution in [1.82, 2.24) is 0 Å². The van der Waals surface area contributed by atoms with Crippen LogP contribution in [0.4, 0.5) is 0 Å². The second kappa shape index (κ2) is 1250. The first-order valence-electron chi connectivity index (χ1n) is 1.71. The predicted octanol–water partition coefficient (Wildman–Crippen LogP) is -11.2. The molecule has 0 aromatic rings. The molecule has 0 aromatic carbocycles. The van der Waals surface area contributed by atoms with Crippen molar-refractivity contribution in [2.75, 3.05) is 0 Å². The van der Waals surface area contributed by atoms with Crippen molar-refractivity contribution < 1.29 is 157 Å². The molecule has 0 heterocycles. The van der Waals surface area contributed by atoms with E-state index in [-0.39, 0.29) is 157 Å². The molecule has 1 radical (unpaired) electrons. The van der Waals surface area contributed by atoms with Crippen LogP contribution in [0.3, 0.4) is 0 Å². The minimum absolute atomic E-state index is 0. The normalized spacial score (nSPS) is 1.20. The molecule has 0 rings (SSSR count). The van der Waals surface area contributed by atoms with Crippen molar-refractivity contribution in [1.29, 1.82) is 31.6 Å². The minimum atomic E-state index is 0. The molecule has 0 bridgehead atoms. The molecule has 0 fully saturated rings. The van der Waals surface area contributed by atoms with Crippen LogP contribution in [0.15, 0.2) is 5.34 Å². The molecule has 83 valence electrons. The molecule has 0 aromatic heterocycles. The zero-order chi connectivity index (χ0) is 14.7. The van der Waals surface area contributed by atoms with Crippen molar-refractivity contribution in [2.45, 2.75) is 0 Å².